The van der Waals surface area contributed by atoms with Gasteiger partial charge < -0.3 is 42.8 Å². The van der Waals surface area contributed by atoms with Crippen LogP contribution >= 0.6 is 0 Å². The molecular formula is C61H110N2O15. The van der Waals surface area contributed by atoms with Crippen LogP contribution in [0.25, 0.3) is 0 Å². The van der Waals surface area contributed by atoms with Gasteiger partial charge in [0.05, 0.1) is 64.6 Å². The van der Waals surface area contributed by atoms with Gasteiger partial charge in [-0.3, -0.25) is 33.7 Å². The third-order valence-corrected chi connectivity index (χ3v) is 14.3. The quantitative estimate of drug-likeness (QED) is 0.0316. The summed E-state index contributed by atoms with van der Waals surface area (Å²) >= 11 is 0. The lowest BCUT2D eigenvalue weighted by Gasteiger charge is -2.40. The van der Waals surface area contributed by atoms with Gasteiger partial charge in [0, 0.05) is 57.7 Å². The van der Waals surface area contributed by atoms with Gasteiger partial charge in [0.25, 0.3) is 0 Å². The van der Waals surface area contributed by atoms with Crippen LogP contribution in [0.1, 0.15) is 246 Å². The van der Waals surface area contributed by atoms with Crippen molar-refractivity contribution in [2.45, 2.75) is 258 Å². The lowest BCUT2D eigenvalue weighted by atomic mass is 9.96. The molecular weight excluding hydrogens is 1000 g/mol. The first-order valence-electron chi connectivity index (χ1n) is 30.9. The van der Waals surface area contributed by atoms with Crippen molar-refractivity contribution in [3.05, 3.63) is 0 Å². The third-order valence-electron chi connectivity index (χ3n) is 14.3. The van der Waals surface area contributed by atoms with Crippen molar-refractivity contribution in [2.75, 3.05) is 80.1 Å². The minimum absolute atomic E-state index is 0.117. The predicted octanol–water partition coefficient (Wildman–Crippen LogP) is 12.6. The molecule has 1 saturated heterocycles. The van der Waals surface area contributed by atoms with E-state index in [1.807, 2.05) is 7.05 Å². The number of rotatable bonds is 51. The first-order chi connectivity index (χ1) is 37.9. The van der Waals surface area contributed by atoms with Crippen LogP contribution in [0.3, 0.4) is 0 Å². The molecule has 0 radical (unpaired) electrons. The molecule has 17 heteroatoms. The average Bonchev–Trinajstić information content (AvgIpc) is 3.43. The molecule has 1 rings (SSSR count). The second-order valence-electron chi connectivity index (χ2n) is 21.7. The molecule has 1 aliphatic heterocycles. The Morgan fingerprint density at radius 3 is 1.08 bits per heavy atom. The maximum Gasteiger partial charge on any atom is 0.410 e. The number of hydrogen-bond acceptors (Lipinski definition) is 16. The summed E-state index contributed by atoms with van der Waals surface area (Å²) in [7, 11) is 3.60. The molecule has 1 aliphatic rings. The number of likely N-dealkylation sites (tertiary alicyclic amines) is 1. The number of carbonyl (C=O) groups excluding carboxylic acids is 7. The summed E-state index contributed by atoms with van der Waals surface area (Å²) in [5.74, 6) is -3.97. The topological polar surface area (TPSA) is 200 Å². The van der Waals surface area contributed by atoms with E-state index in [0.29, 0.717) is 71.1 Å². The summed E-state index contributed by atoms with van der Waals surface area (Å²) in [6, 6.07) is -1.23. The van der Waals surface area contributed by atoms with Crippen molar-refractivity contribution in [1.82, 2.24) is 9.80 Å². The van der Waals surface area contributed by atoms with Gasteiger partial charge in [-0.25, -0.2) is 4.79 Å². The van der Waals surface area contributed by atoms with Crippen LogP contribution in [0.4, 0.5) is 4.79 Å². The second kappa shape index (κ2) is 50.0. The molecule has 0 bridgehead atoms. The number of ether oxygens (including phenoxy) is 8. The number of unbranched alkanes of at least 4 members (excludes halogenated alkanes) is 20. The van der Waals surface area contributed by atoms with Gasteiger partial charge in [0.15, 0.2) is 0 Å². The number of esters is 6. The molecule has 0 saturated carbocycles. The lowest BCUT2D eigenvalue weighted by Crippen LogP contribution is -2.54. The molecule has 17 nitrogen and oxygen atoms in total. The summed E-state index contributed by atoms with van der Waals surface area (Å²) in [6.07, 6.45) is 26.7. The molecule has 1 fully saturated rings. The number of piperidine rings is 1. The summed E-state index contributed by atoms with van der Waals surface area (Å²) < 4.78 is 45.2. The average molecular weight is 1110 g/mol. The Labute approximate surface area is 471 Å². The predicted molar refractivity (Wildman–Crippen MR) is 303 cm³/mol. The zero-order valence-corrected chi connectivity index (χ0v) is 49.9. The number of amides is 1. The third kappa shape index (κ3) is 40.2. The van der Waals surface area contributed by atoms with Crippen molar-refractivity contribution in [2.24, 2.45) is 11.8 Å². The Balaban J connectivity index is 3.13. The highest BCUT2D eigenvalue weighted by molar-refractivity contribution is 5.73. The maximum atomic E-state index is 14.0. The Hall–Kier alpha value is -3.99. The van der Waals surface area contributed by atoms with E-state index >= 15 is 0 Å². The standard InChI is InChI=1S/C61H110N2O15/c1-7-11-15-19-23-27-35-55(64)73-45-51(46-74-56(65)36-28-24-20-16-12-8-2)43-59(68)77-49-53-33-31-34-54(63(53)61(70)72-41-32-39-62(5)40-42-71-6)50-78-60(69)44-52(47-75-57(66)37-29-25-21-17-13-9-3)48-76-58(67)38-30-26-22-18-14-10-4/h51-54H,7-50H2,1-6H3/t53-,54+. The van der Waals surface area contributed by atoms with Gasteiger partial charge in [-0.1, -0.05) is 156 Å². The van der Waals surface area contributed by atoms with Gasteiger partial charge in [0.1, 0.15) is 13.2 Å². The van der Waals surface area contributed by atoms with Crippen LogP contribution in [0.2, 0.25) is 0 Å². The van der Waals surface area contributed by atoms with Crippen molar-refractivity contribution in [1.29, 1.82) is 0 Å². The fraction of sp³-hybridized carbons (Fsp3) is 0.885. The van der Waals surface area contributed by atoms with E-state index in [1.54, 1.807) is 7.11 Å². The van der Waals surface area contributed by atoms with Crippen LogP contribution < -0.4 is 0 Å². The first kappa shape index (κ1) is 72.0. The van der Waals surface area contributed by atoms with Crippen LogP contribution in [-0.4, -0.2) is 144 Å². The molecule has 0 aromatic carbocycles. The van der Waals surface area contributed by atoms with E-state index in [1.165, 1.54) is 4.90 Å². The van der Waals surface area contributed by atoms with E-state index in [4.69, 9.17) is 37.9 Å². The number of nitrogens with zero attached hydrogens (tertiary/aromatic N) is 2. The molecule has 0 N–H and O–H groups in total. The van der Waals surface area contributed by atoms with Crippen LogP contribution in [0.15, 0.2) is 0 Å². The summed E-state index contributed by atoms with van der Waals surface area (Å²) in [5.41, 5.74) is 0. The van der Waals surface area contributed by atoms with E-state index in [-0.39, 0.29) is 109 Å². The Bertz CT molecular complexity index is 1410. The minimum atomic E-state index is -0.641. The zero-order valence-electron chi connectivity index (χ0n) is 49.9. The van der Waals surface area contributed by atoms with E-state index in [0.717, 1.165) is 128 Å². The minimum Gasteiger partial charge on any atom is -0.465 e. The Kier molecular flexibility index (Phi) is 46.2. The molecule has 0 unspecified atom stereocenters. The smallest absolute Gasteiger partial charge is 0.410 e. The summed E-state index contributed by atoms with van der Waals surface area (Å²) in [6.45, 7) is 9.88. The number of hydrogen-bond donors (Lipinski definition) is 0. The highest BCUT2D eigenvalue weighted by Gasteiger charge is 2.37. The number of methoxy groups -OCH3 is 1. The largest absolute Gasteiger partial charge is 0.465 e. The van der Waals surface area contributed by atoms with Gasteiger partial charge in [-0.2, -0.15) is 0 Å². The molecule has 0 aromatic heterocycles. The number of likely N-dealkylation sites (N-methyl/N-ethyl adjacent to an activating group) is 1. The monoisotopic (exact) mass is 1110 g/mol. The fourth-order valence-electron chi connectivity index (χ4n) is 9.35. The zero-order chi connectivity index (χ0) is 57.3. The Morgan fingerprint density at radius 1 is 0.410 bits per heavy atom. The van der Waals surface area contributed by atoms with Gasteiger partial charge in [0.2, 0.25) is 0 Å². The van der Waals surface area contributed by atoms with E-state index < -0.39 is 42.0 Å². The fourth-order valence-corrected chi connectivity index (χ4v) is 9.35. The normalized spacial score (nSPS) is 14.4. The molecule has 78 heavy (non-hydrogen) atoms. The first-order valence-corrected chi connectivity index (χ1v) is 30.9. The molecule has 0 aliphatic carbocycles. The van der Waals surface area contributed by atoms with Gasteiger partial charge in [-0.05, 0) is 58.4 Å². The van der Waals surface area contributed by atoms with Crippen molar-refractivity contribution in [3.8, 4) is 0 Å². The van der Waals surface area contributed by atoms with Gasteiger partial charge >= 0.3 is 41.9 Å². The van der Waals surface area contributed by atoms with Crippen molar-refractivity contribution >= 4 is 41.9 Å². The van der Waals surface area contributed by atoms with Crippen LogP contribution in [0.5, 0.6) is 0 Å². The molecule has 2 atom stereocenters. The molecule has 0 spiro atoms. The number of carbonyl (C=O) groups is 7. The van der Waals surface area contributed by atoms with Crippen molar-refractivity contribution < 1.29 is 71.5 Å². The summed E-state index contributed by atoms with van der Waals surface area (Å²) in [5, 5.41) is 0. The van der Waals surface area contributed by atoms with Crippen LogP contribution in [-0.2, 0) is 66.7 Å². The highest BCUT2D eigenvalue weighted by atomic mass is 16.6. The van der Waals surface area contributed by atoms with E-state index in [2.05, 4.69) is 32.6 Å². The molecule has 0 aromatic rings. The second-order valence-corrected chi connectivity index (χ2v) is 21.7. The molecule has 1 amide bonds. The highest BCUT2D eigenvalue weighted by Crippen LogP contribution is 2.26. The molecule has 1 heterocycles. The Morgan fingerprint density at radius 2 is 0.744 bits per heavy atom. The lowest BCUT2D eigenvalue weighted by molar-refractivity contribution is -0.157. The SMILES string of the molecule is CCCCCCCCC(=O)OCC(COC(=O)CCCCCCCC)CC(=O)OC[C@H]1CCC[C@@H](COC(=O)CC(COC(=O)CCCCCCCC)COC(=O)CCCCCCCC)N1C(=O)OCCCN(C)CCOC. The van der Waals surface area contributed by atoms with Crippen molar-refractivity contribution in [3.63, 3.8) is 0 Å². The van der Waals surface area contributed by atoms with Crippen LogP contribution in [0, 0.1) is 11.8 Å². The summed E-state index contributed by atoms with van der Waals surface area (Å²) in [4.78, 5) is 95.9. The van der Waals surface area contributed by atoms with Gasteiger partial charge in [-0.15, -0.1) is 0 Å². The van der Waals surface area contributed by atoms with E-state index in [9.17, 15) is 33.6 Å². The molecule has 454 valence electrons. The maximum absolute atomic E-state index is 14.0.